The maximum Gasteiger partial charge on any atom is 0.0246 e. The molecule has 0 saturated heterocycles. The third-order valence-electron chi connectivity index (χ3n) is 3.82. The molecule has 1 rings (SSSR count). The fraction of sp³-hybridized carbons (Fsp3) is 1.00. The highest BCUT2D eigenvalue weighted by Crippen LogP contribution is 2.21. The van der Waals surface area contributed by atoms with Gasteiger partial charge in [-0.1, -0.05) is 19.3 Å². The zero-order chi connectivity index (χ0) is 12.0. The molecular formula is C13H29N3. The Morgan fingerprint density at radius 3 is 2.31 bits per heavy atom. The summed E-state index contributed by atoms with van der Waals surface area (Å²) in [5.41, 5.74) is 0. The van der Waals surface area contributed by atoms with Gasteiger partial charge in [0.25, 0.3) is 0 Å². The van der Waals surface area contributed by atoms with E-state index in [9.17, 15) is 0 Å². The number of hydrogen-bond acceptors (Lipinski definition) is 3. The number of nitrogens with zero attached hydrogens (tertiary/aromatic N) is 2. The van der Waals surface area contributed by atoms with Gasteiger partial charge >= 0.3 is 0 Å². The van der Waals surface area contributed by atoms with Gasteiger partial charge in [-0.25, -0.2) is 0 Å². The summed E-state index contributed by atoms with van der Waals surface area (Å²) in [6.45, 7) is 2.33. The Hall–Kier alpha value is -0.120. The Morgan fingerprint density at radius 2 is 1.69 bits per heavy atom. The molecule has 1 aliphatic rings. The highest BCUT2D eigenvalue weighted by molar-refractivity contribution is 4.85. The molecule has 0 spiro atoms. The van der Waals surface area contributed by atoms with Gasteiger partial charge in [-0.15, -0.1) is 0 Å². The predicted octanol–water partition coefficient (Wildman–Crippen LogP) is 1.40. The number of nitrogens with one attached hydrogen (secondary N) is 1. The Balaban J connectivity index is 2.45. The van der Waals surface area contributed by atoms with E-state index < -0.39 is 0 Å². The van der Waals surface area contributed by atoms with E-state index in [1.807, 2.05) is 0 Å². The normalized spacial score (nSPS) is 27.4. The molecule has 1 N–H and O–H groups in total. The van der Waals surface area contributed by atoms with Crippen LogP contribution in [-0.2, 0) is 0 Å². The first-order valence-corrected chi connectivity index (χ1v) is 6.67. The molecule has 2 atom stereocenters. The lowest BCUT2D eigenvalue weighted by molar-refractivity contribution is 0.172. The summed E-state index contributed by atoms with van der Waals surface area (Å²) in [4.78, 5) is 4.81. The van der Waals surface area contributed by atoms with E-state index in [0.717, 1.165) is 12.6 Å². The minimum Gasteiger partial charge on any atom is -0.315 e. The summed E-state index contributed by atoms with van der Waals surface area (Å²) in [6, 6.07) is 1.42. The van der Waals surface area contributed by atoms with Gasteiger partial charge in [0, 0.05) is 25.2 Å². The molecule has 0 heterocycles. The van der Waals surface area contributed by atoms with Crippen LogP contribution in [0.2, 0.25) is 0 Å². The van der Waals surface area contributed by atoms with Crippen LogP contribution in [0.4, 0.5) is 0 Å². The Labute approximate surface area is 101 Å². The van der Waals surface area contributed by atoms with E-state index in [1.165, 1.54) is 38.6 Å². The van der Waals surface area contributed by atoms with Crippen molar-refractivity contribution in [3.05, 3.63) is 0 Å². The van der Waals surface area contributed by atoms with Crippen LogP contribution in [0.1, 0.15) is 32.1 Å². The molecule has 3 nitrogen and oxygen atoms in total. The van der Waals surface area contributed by atoms with Gasteiger partial charge in [-0.3, -0.25) is 0 Å². The van der Waals surface area contributed by atoms with Crippen molar-refractivity contribution in [2.24, 2.45) is 0 Å². The first-order chi connectivity index (χ1) is 7.65. The second-order valence-corrected chi connectivity index (χ2v) is 5.38. The van der Waals surface area contributed by atoms with Crippen molar-refractivity contribution < 1.29 is 0 Å². The van der Waals surface area contributed by atoms with Crippen molar-refractivity contribution in [1.82, 2.24) is 15.1 Å². The summed E-state index contributed by atoms with van der Waals surface area (Å²) in [5, 5.41) is 3.51. The number of hydrogen-bond donors (Lipinski definition) is 1. The van der Waals surface area contributed by atoms with Gasteiger partial charge in [0.05, 0.1) is 0 Å². The monoisotopic (exact) mass is 227 g/mol. The van der Waals surface area contributed by atoms with Crippen molar-refractivity contribution in [2.45, 2.75) is 44.2 Å². The molecular weight excluding hydrogens is 198 g/mol. The van der Waals surface area contributed by atoms with Crippen molar-refractivity contribution in [3.63, 3.8) is 0 Å². The fourth-order valence-corrected chi connectivity index (χ4v) is 2.68. The first-order valence-electron chi connectivity index (χ1n) is 6.67. The molecule has 2 unspecified atom stereocenters. The van der Waals surface area contributed by atoms with E-state index in [4.69, 9.17) is 0 Å². The van der Waals surface area contributed by atoms with E-state index in [0.29, 0.717) is 6.04 Å². The lowest BCUT2D eigenvalue weighted by Gasteiger charge is -2.34. The van der Waals surface area contributed by atoms with E-state index in [2.05, 4.69) is 43.3 Å². The minimum absolute atomic E-state index is 0.690. The largest absolute Gasteiger partial charge is 0.315 e. The van der Waals surface area contributed by atoms with Crippen molar-refractivity contribution in [3.8, 4) is 0 Å². The molecule has 0 aromatic rings. The molecule has 0 bridgehead atoms. The molecule has 0 amide bonds. The third-order valence-corrected chi connectivity index (χ3v) is 3.82. The summed E-state index contributed by atoms with van der Waals surface area (Å²) in [7, 11) is 8.69. The number of rotatable bonds is 5. The van der Waals surface area contributed by atoms with E-state index >= 15 is 0 Å². The van der Waals surface area contributed by atoms with Crippen molar-refractivity contribution in [1.29, 1.82) is 0 Å². The van der Waals surface area contributed by atoms with Crippen LogP contribution in [0, 0.1) is 0 Å². The second kappa shape index (κ2) is 7.25. The van der Waals surface area contributed by atoms with Crippen LogP contribution in [0.15, 0.2) is 0 Å². The lowest BCUT2D eigenvalue weighted by Crippen LogP contribution is -2.48. The molecule has 3 heteroatoms. The van der Waals surface area contributed by atoms with Crippen LogP contribution < -0.4 is 5.32 Å². The first kappa shape index (κ1) is 13.9. The molecule has 1 saturated carbocycles. The maximum atomic E-state index is 3.51. The molecule has 16 heavy (non-hydrogen) atoms. The third kappa shape index (κ3) is 4.40. The average Bonchev–Trinajstić information content (AvgIpc) is 2.50. The van der Waals surface area contributed by atoms with Crippen molar-refractivity contribution >= 4 is 0 Å². The van der Waals surface area contributed by atoms with Gasteiger partial charge in [0.15, 0.2) is 0 Å². The van der Waals surface area contributed by atoms with Gasteiger partial charge < -0.3 is 15.1 Å². The molecule has 96 valence electrons. The fourth-order valence-electron chi connectivity index (χ4n) is 2.68. The van der Waals surface area contributed by atoms with Gasteiger partial charge in [0.2, 0.25) is 0 Å². The maximum absolute atomic E-state index is 3.51. The summed E-state index contributed by atoms with van der Waals surface area (Å²) < 4.78 is 0. The van der Waals surface area contributed by atoms with Crippen LogP contribution in [0.5, 0.6) is 0 Å². The molecule has 0 aromatic heterocycles. The predicted molar refractivity (Wildman–Crippen MR) is 70.9 cm³/mol. The summed E-state index contributed by atoms with van der Waals surface area (Å²) in [6.07, 6.45) is 6.90. The topological polar surface area (TPSA) is 18.5 Å². The van der Waals surface area contributed by atoms with Crippen LogP contribution in [-0.4, -0.2) is 63.2 Å². The number of likely N-dealkylation sites (N-methyl/N-ethyl adjacent to an activating group) is 3. The molecule has 0 aromatic carbocycles. The molecule has 0 aliphatic heterocycles. The Morgan fingerprint density at radius 1 is 1.00 bits per heavy atom. The molecule has 1 aliphatic carbocycles. The smallest absolute Gasteiger partial charge is 0.0246 e. The standard InChI is InChI=1S/C13H29N3/c1-14-12-8-6-5-7-9-13(12)16(4)11-10-15(2)3/h12-14H,5-11H2,1-4H3. The second-order valence-electron chi connectivity index (χ2n) is 5.38. The van der Waals surface area contributed by atoms with Crippen LogP contribution in [0.3, 0.4) is 0 Å². The van der Waals surface area contributed by atoms with Gasteiger partial charge in [0.1, 0.15) is 0 Å². The summed E-state index contributed by atoms with van der Waals surface area (Å²) >= 11 is 0. The SMILES string of the molecule is CNC1CCCCCC1N(C)CCN(C)C. The summed E-state index contributed by atoms with van der Waals surface area (Å²) in [5.74, 6) is 0. The highest BCUT2D eigenvalue weighted by Gasteiger charge is 2.25. The highest BCUT2D eigenvalue weighted by atomic mass is 15.2. The zero-order valence-corrected chi connectivity index (χ0v) is 11.5. The van der Waals surface area contributed by atoms with Crippen LogP contribution in [0.25, 0.3) is 0 Å². The molecule has 0 radical (unpaired) electrons. The van der Waals surface area contributed by atoms with Gasteiger partial charge in [-0.05, 0) is 41.0 Å². The van der Waals surface area contributed by atoms with E-state index in [1.54, 1.807) is 0 Å². The molecule has 1 fully saturated rings. The van der Waals surface area contributed by atoms with Crippen molar-refractivity contribution in [2.75, 3.05) is 41.3 Å². The Bertz CT molecular complexity index is 182. The lowest BCUT2D eigenvalue weighted by atomic mass is 10.0. The van der Waals surface area contributed by atoms with E-state index in [-0.39, 0.29) is 0 Å². The van der Waals surface area contributed by atoms with Crippen LogP contribution >= 0.6 is 0 Å². The zero-order valence-electron chi connectivity index (χ0n) is 11.5. The Kier molecular flexibility index (Phi) is 6.32. The van der Waals surface area contributed by atoms with Gasteiger partial charge in [-0.2, -0.15) is 0 Å². The average molecular weight is 227 g/mol. The minimum atomic E-state index is 0.690. The quantitative estimate of drug-likeness (QED) is 0.716.